The van der Waals surface area contributed by atoms with Crippen LogP contribution in [0.15, 0.2) is 24.3 Å². The molecule has 92 valence electrons. The summed E-state index contributed by atoms with van der Waals surface area (Å²) >= 11 is 0. The van der Waals surface area contributed by atoms with Crippen LogP contribution in [0.3, 0.4) is 0 Å². The highest BCUT2D eigenvalue weighted by Crippen LogP contribution is 2.20. The largest absolute Gasteiger partial charge is 0.372 e. The van der Waals surface area contributed by atoms with Gasteiger partial charge in [0.1, 0.15) is 0 Å². The number of amides is 2. The van der Waals surface area contributed by atoms with Gasteiger partial charge in [0.2, 0.25) is 0 Å². The highest BCUT2D eigenvalue weighted by molar-refractivity contribution is 5.76. The molecular weight excluding hydrogens is 214 g/mol. The standard InChI is InChI=1S/C13H19N3O/c1-3-16(4-2)11-7-5-10(6-8-11)12-9-14-13(17)15-12/h5-8,12H,3-4,9H2,1-2H3,(H2,14,15,17)/t12-/m0/s1. The van der Waals surface area contributed by atoms with E-state index in [2.05, 4.69) is 53.6 Å². The molecule has 0 unspecified atom stereocenters. The van der Waals surface area contributed by atoms with Crippen molar-refractivity contribution in [2.24, 2.45) is 0 Å². The third-order valence-electron chi connectivity index (χ3n) is 3.20. The van der Waals surface area contributed by atoms with E-state index in [0.29, 0.717) is 6.54 Å². The van der Waals surface area contributed by atoms with E-state index in [-0.39, 0.29) is 12.1 Å². The molecule has 4 nitrogen and oxygen atoms in total. The third-order valence-corrected chi connectivity index (χ3v) is 3.20. The lowest BCUT2D eigenvalue weighted by Crippen LogP contribution is -2.22. The van der Waals surface area contributed by atoms with Gasteiger partial charge < -0.3 is 15.5 Å². The molecule has 1 aromatic rings. The van der Waals surface area contributed by atoms with Crippen LogP contribution in [0.5, 0.6) is 0 Å². The van der Waals surface area contributed by atoms with Crippen molar-refractivity contribution in [1.29, 1.82) is 0 Å². The van der Waals surface area contributed by atoms with Gasteiger partial charge >= 0.3 is 6.03 Å². The number of rotatable bonds is 4. The molecule has 2 N–H and O–H groups in total. The van der Waals surface area contributed by atoms with E-state index >= 15 is 0 Å². The van der Waals surface area contributed by atoms with E-state index in [1.165, 1.54) is 5.69 Å². The van der Waals surface area contributed by atoms with Crippen LogP contribution in [0.1, 0.15) is 25.5 Å². The summed E-state index contributed by atoms with van der Waals surface area (Å²) in [4.78, 5) is 13.4. The number of benzene rings is 1. The zero-order valence-electron chi connectivity index (χ0n) is 10.4. The van der Waals surface area contributed by atoms with Crippen molar-refractivity contribution in [2.75, 3.05) is 24.5 Å². The van der Waals surface area contributed by atoms with Crippen molar-refractivity contribution in [2.45, 2.75) is 19.9 Å². The van der Waals surface area contributed by atoms with Crippen LogP contribution >= 0.6 is 0 Å². The normalized spacial score (nSPS) is 18.7. The van der Waals surface area contributed by atoms with E-state index in [1.807, 2.05) is 0 Å². The zero-order valence-corrected chi connectivity index (χ0v) is 10.4. The van der Waals surface area contributed by atoms with Crippen molar-refractivity contribution in [3.8, 4) is 0 Å². The summed E-state index contributed by atoms with van der Waals surface area (Å²) in [5, 5.41) is 5.65. The predicted octanol–water partition coefficient (Wildman–Crippen LogP) is 1.89. The average molecular weight is 233 g/mol. The second kappa shape index (κ2) is 5.08. The van der Waals surface area contributed by atoms with Crippen LogP contribution < -0.4 is 15.5 Å². The number of urea groups is 1. The molecule has 1 saturated heterocycles. The molecule has 2 rings (SSSR count). The van der Waals surface area contributed by atoms with Crippen LogP contribution in [0.25, 0.3) is 0 Å². The second-order valence-corrected chi connectivity index (χ2v) is 4.17. The molecule has 1 atom stereocenters. The van der Waals surface area contributed by atoms with Gasteiger partial charge in [0.25, 0.3) is 0 Å². The first-order valence-corrected chi connectivity index (χ1v) is 6.13. The van der Waals surface area contributed by atoms with Gasteiger partial charge in [0.05, 0.1) is 6.04 Å². The SMILES string of the molecule is CCN(CC)c1ccc([C@@H]2CNC(=O)N2)cc1. The van der Waals surface area contributed by atoms with Crippen molar-refractivity contribution < 1.29 is 4.79 Å². The monoisotopic (exact) mass is 233 g/mol. The van der Waals surface area contributed by atoms with Crippen LogP contribution in [-0.4, -0.2) is 25.7 Å². The Morgan fingerprint density at radius 2 is 1.88 bits per heavy atom. The highest BCUT2D eigenvalue weighted by Gasteiger charge is 2.21. The maximum absolute atomic E-state index is 11.1. The molecule has 0 aromatic heterocycles. The summed E-state index contributed by atoms with van der Waals surface area (Å²) in [6, 6.07) is 8.44. The van der Waals surface area contributed by atoms with Gasteiger partial charge in [-0.1, -0.05) is 12.1 Å². The third kappa shape index (κ3) is 2.52. The first-order valence-electron chi connectivity index (χ1n) is 6.13. The van der Waals surface area contributed by atoms with Gasteiger partial charge in [0.15, 0.2) is 0 Å². The first kappa shape index (κ1) is 11.8. The zero-order chi connectivity index (χ0) is 12.3. The van der Waals surface area contributed by atoms with Crippen LogP contribution in [0.2, 0.25) is 0 Å². The van der Waals surface area contributed by atoms with E-state index in [9.17, 15) is 4.79 Å². The summed E-state index contributed by atoms with van der Waals surface area (Å²) in [5.41, 5.74) is 2.38. The Bertz CT molecular complexity index is 384. The van der Waals surface area contributed by atoms with E-state index in [1.54, 1.807) is 0 Å². The van der Waals surface area contributed by atoms with E-state index in [0.717, 1.165) is 18.7 Å². The fourth-order valence-corrected chi connectivity index (χ4v) is 2.16. The van der Waals surface area contributed by atoms with Gasteiger partial charge in [-0.05, 0) is 31.5 Å². The topological polar surface area (TPSA) is 44.4 Å². The molecule has 1 aliphatic rings. The number of carbonyl (C=O) groups excluding carboxylic acids is 1. The minimum Gasteiger partial charge on any atom is -0.372 e. The molecule has 2 amide bonds. The molecule has 0 bridgehead atoms. The fourth-order valence-electron chi connectivity index (χ4n) is 2.16. The highest BCUT2D eigenvalue weighted by atomic mass is 16.2. The van der Waals surface area contributed by atoms with Gasteiger partial charge in [-0.15, -0.1) is 0 Å². The number of hydrogen-bond acceptors (Lipinski definition) is 2. The van der Waals surface area contributed by atoms with E-state index in [4.69, 9.17) is 0 Å². The Kier molecular flexibility index (Phi) is 3.52. The van der Waals surface area contributed by atoms with Crippen molar-refractivity contribution in [1.82, 2.24) is 10.6 Å². The molecule has 0 saturated carbocycles. The summed E-state index contributed by atoms with van der Waals surface area (Å²) in [7, 11) is 0. The average Bonchev–Trinajstić information content (AvgIpc) is 2.78. The molecule has 1 heterocycles. The summed E-state index contributed by atoms with van der Waals surface area (Å²) in [5.74, 6) is 0. The minimum atomic E-state index is -0.0807. The fraction of sp³-hybridized carbons (Fsp3) is 0.462. The van der Waals surface area contributed by atoms with Crippen LogP contribution in [0.4, 0.5) is 10.5 Å². The summed E-state index contributed by atoms with van der Waals surface area (Å²) < 4.78 is 0. The first-order chi connectivity index (χ1) is 8.24. The number of carbonyl (C=O) groups is 1. The van der Waals surface area contributed by atoms with Crippen molar-refractivity contribution in [3.63, 3.8) is 0 Å². The molecule has 0 spiro atoms. The number of hydrogen-bond donors (Lipinski definition) is 2. The maximum atomic E-state index is 11.1. The molecule has 1 aromatic carbocycles. The predicted molar refractivity (Wildman–Crippen MR) is 69.3 cm³/mol. The Balaban J connectivity index is 2.10. The minimum absolute atomic E-state index is 0.0807. The lowest BCUT2D eigenvalue weighted by atomic mass is 10.1. The molecule has 0 radical (unpaired) electrons. The smallest absolute Gasteiger partial charge is 0.315 e. The molecule has 17 heavy (non-hydrogen) atoms. The van der Waals surface area contributed by atoms with Gasteiger partial charge in [0, 0.05) is 25.3 Å². The lowest BCUT2D eigenvalue weighted by molar-refractivity contribution is 0.247. The Hall–Kier alpha value is -1.71. The van der Waals surface area contributed by atoms with Crippen LogP contribution in [0, 0.1) is 0 Å². The molecule has 1 aliphatic heterocycles. The summed E-state index contributed by atoms with van der Waals surface area (Å²) in [6.45, 7) is 7.00. The molecule has 1 fully saturated rings. The number of nitrogens with zero attached hydrogens (tertiary/aromatic N) is 1. The van der Waals surface area contributed by atoms with Gasteiger partial charge in [-0.3, -0.25) is 0 Å². The quantitative estimate of drug-likeness (QED) is 0.834. The molecule has 4 heteroatoms. The second-order valence-electron chi connectivity index (χ2n) is 4.17. The van der Waals surface area contributed by atoms with Crippen molar-refractivity contribution in [3.05, 3.63) is 29.8 Å². The van der Waals surface area contributed by atoms with Gasteiger partial charge in [-0.25, -0.2) is 4.79 Å². The van der Waals surface area contributed by atoms with Crippen molar-refractivity contribution >= 4 is 11.7 Å². The number of nitrogens with one attached hydrogen (secondary N) is 2. The molecular formula is C13H19N3O. The van der Waals surface area contributed by atoms with Crippen LogP contribution in [-0.2, 0) is 0 Å². The maximum Gasteiger partial charge on any atom is 0.315 e. The number of anilines is 1. The lowest BCUT2D eigenvalue weighted by Gasteiger charge is -2.21. The Morgan fingerprint density at radius 3 is 2.35 bits per heavy atom. The molecule has 0 aliphatic carbocycles. The van der Waals surface area contributed by atoms with Gasteiger partial charge in [-0.2, -0.15) is 0 Å². The van der Waals surface area contributed by atoms with E-state index < -0.39 is 0 Å². The Morgan fingerprint density at radius 1 is 1.24 bits per heavy atom. The Labute approximate surface area is 102 Å². The summed E-state index contributed by atoms with van der Waals surface area (Å²) in [6.07, 6.45) is 0.